The van der Waals surface area contributed by atoms with Crippen molar-refractivity contribution in [1.82, 2.24) is 9.99 Å². The third kappa shape index (κ3) is 12.6. The van der Waals surface area contributed by atoms with Crippen LogP contribution in [0.2, 0.25) is 0 Å². The molecule has 16 heteroatoms. The Kier molecular flexibility index (Phi) is 19.0. The Morgan fingerprint density at radius 1 is 0.817 bits per heavy atom. The highest BCUT2D eigenvalue weighted by molar-refractivity contribution is 7.44. The van der Waals surface area contributed by atoms with Gasteiger partial charge >= 0.3 is 12.1 Å². The van der Waals surface area contributed by atoms with Crippen LogP contribution in [-0.4, -0.2) is 107 Å². The van der Waals surface area contributed by atoms with Crippen LogP contribution in [0.25, 0.3) is 4.85 Å². The van der Waals surface area contributed by atoms with Crippen LogP contribution in [0, 0.1) is 12.5 Å². The smallest absolute Gasteiger partial charge is 0.471 e. The molecule has 12 nitrogen and oxygen atoms in total. The van der Waals surface area contributed by atoms with E-state index in [-0.39, 0.29) is 51.7 Å². The Hall–Kier alpha value is -3.84. The molecule has 0 saturated carbocycles. The molecule has 0 aromatic heterocycles. The average molecular weight is 862 g/mol. The van der Waals surface area contributed by atoms with E-state index in [1.807, 2.05) is 120 Å². The molecule has 4 rings (SSSR count). The second-order valence-corrected chi connectivity index (χ2v) is 16.2. The first kappa shape index (κ1) is 48.8. The maximum absolute atomic E-state index is 13.8. The number of carbonyl (C=O) groups is 1. The lowest BCUT2D eigenvalue weighted by Crippen LogP contribution is -2.63. The Bertz CT molecular complexity index is 1710. The van der Waals surface area contributed by atoms with Crippen LogP contribution in [0.5, 0.6) is 11.5 Å². The van der Waals surface area contributed by atoms with Gasteiger partial charge in [-0.25, -0.2) is 11.2 Å². The summed E-state index contributed by atoms with van der Waals surface area (Å²) in [5.74, 6) is -1.28. The number of nitrogens with one attached hydrogen (secondary N) is 1. The summed E-state index contributed by atoms with van der Waals surface area (Å²) in [7, 11) is 1.60. The predicted octanol–water partition coefficient (Wildman–Crippen LogP) is 8.53. The molecule has 3 aromatic rings. The van der Waals surface area contributed by atoms with Crippen molar-refractivity contribution in [3.8, 4) is 11.5 Å². The van der Waals surface area contributed by atoms with Gasteiger partial charge in [-0.1, -0.05) is 68.4 Å². The molecule has 6 unspecified atom stereocenters. The van der Waals surface area contributed by atoms with Gasteiger partial charge in [0.15, 0.2) is 6.29 Å². The number of rotatable bonds is 23. The van der Waals surface area contributed by atoms with E-state index in [1.165, 1.54) is 0 Å². The van der Waals surface area contributed by atoms with E-state index in [1.54, 1.807) is 14.2 Å². The third-order valence-electron chi connectivity index (χ3n) is 10.1. The Morgan fingerprint density at radius 3 is 1.85 bits per heavy atom. The summed E-state index contributed by atoms with van der Waals surface area (Å²) in [5.41, 5.74) is 1.20. The second kappa shape index (κ2) is 23.4. The molecule has 0 spiro atoms. The SMILES string of the molecule is [C-]#[N+]CCOP(OCCOC1C(C)C(CC)OC(OCCOC(c2ccccc2)(c2ccc(OC)cc2)c2ccc(OC)cc2)C1NC(=O)C(F)(F)F)N(C(C)C)C(C)C. The Balaban J connectivity index is 1.60. The zero-order valence-corrected chi connectivity index (χ0v) is 36.5. The molecule has 0 radical (unpaired) electrons. The van der Waals surface area contributed by atoms with Gasteiger partial charge in [-0.2, -0.15) is 13.2 Å². The maximum Gasteiger partial charge on any atom is 0.471 e. The van der Waals surface area contributed by atoms with Gasteiger partial charge < -0.3 is 47.6 Å². The number of hydrogen-bond acceptors (Lipinski definition) is 10. The van der Waals surface area contributed by atoms with Crippen molar-refractivity contribution in [3.05, 3.63) is 107 Å². The highest BCUT2D eigenvalue weighted by Gasteiger charge is 2.49. The third-order valence-corrected chi connectivity index (χ3v) is 12.2. The van der Waals surface area contributed by atoms with Gasteiger partial charge in [0, 0.05) is 18.0 Å². The summed E-state index contributed by atoms with van der Waals surface area (Å²) < 4.78 is 92.3. The van der Waals surface area contributed by atoms with Crippen LogP contribution in [0.3, 0.4) is 0 Å². The van der Waals surface area contributed by atoms with Crippen molar-refractivity contribution < 1.29 is 55.4 Å². The quantitative estimate of drug-likeness (QED) is 0.0432. The van der Waals surface area contributed by atoms with Crippen molar-refractivity contribution in [2.24, 2.45) is 5.92 Å². The summed E-state index contributed by atoms with van der Waals surface area (Å²) in [6.45, 7) is 19.1. The number of carbonyl (C=O) groups excluding carboxylic acids is 1. The minimum atomic E-state index is -5.17. The molecule has 1 saturated heterocycles. The molecular formula is C44H59F3N3O9P. The lowest BCUT2D eigenvalue weighted by molar-refractivity contribution is -0.262. The maximum atomic E-state index is 13.8. The highest BCUT2D eigenvalue weighted by atomic mass is 31.2. The van der Waals surface area contributed by atoms with Crippen molar-refractivity contribution >= 4 is 14.4 Å². The standard InChI is InChI=1S/C44H59F3N3O9P/c1-10-38-32(6)40(54-27-29-58-60(57-25-24-48-7)50(30(2)3)31(4)5)39(49-42(51)44(45,46)47)41(59-38)55-26-28-56-43(33-14-12-11-13-15-33,34-16-20-36(52-8)21-17-34)35-18-22-37(53-9)23-19-35/h11-23,30-32,38-41H,10,24-29H2,1-6,8-9H3,(H,49,51). The number of ether oxygens (including phenoxy) is 6. The fraction of sp³-hybridized carbons (Fsp3) is 0.545. The van der Waals surface area contributed by atoms with Crippen LogP contribution >= 0.6 is 8.53 Å². The second-order valence-electron chi connectivity index (χ2n) is 14.7. The van der Waals surface area contributed by atoms with E-state index in [4.69, 9.17) is 44.0 Å². The van der Waals surface area contributed by atoms with Gasteiger partial charge in [0.2, 0.25) is 6.54 Å². The molecule has 0 aliphatic carbocycles. The number of amides is 1. The Labute approximate surface area is 353 Å². The molecule has 3 aromatic carbocycles. The van der Waals surface area contributed by atoms with E-state index in [9.17, 15) is 18.0 Å². The summed E-state index contributed by atoms with van der Waals surface area (Å²) in [5, 5.41) is 2.12. The minimum absolute atomic E-state index is 0.0297. The van der Waals surface area contributed by atoms with Crippen LogP contribution in [0.4, 0.5) is 13.2 Å². The number of benzene rings is 3. The monoisotopic (exact) mass is 861 g/mol. The van der Waals surface area contributed by atoms with E-state index in [0.717, 1.165) is 16.7 Å². The number of hydrogen-bond donors (Lipinski definition) is 1. The number of methoxy groups -OCH3 is 2. The number of nitrogens with zero attached hydrogens (tertiary/aromatic N) is 2. The zero-order valence-electron chi connectivity index (χ0n) is 35.6. The van der Waals surface area contributed by atoms with E-state index >= 15 is 0 Å². The van der Waals surface area contributed by atoms with Gasteiger partial charge in [0.25, 0.3) is 8.53 Å². The lowest BCUT2D eigenvalue weighted by Gasteiger charge is -2.45. The van der Waals surface area contributed by atoms with E-state index in [0.29, 0.717) is 17.9 Å². The van der Waals surface area contributed by atoms with Crippen molar-refractivity contribution in [2.75, 3.05) is 53.8 Å². The molecule has 1 amide bonds. The molecule has 330 valence electrons. The van der Waals surface area contributed by atoms with Crippen molar-refractivity contribution in [1.29, 1.82) is 0 Å². The van der Waals surface area contributed by atoms with Gasteiger partial charge in [-0.3, -0.25) is 4.79 Å². The van der Waals surface area contributed by atoms with Crippen LogP contribution < -0.4 is 14.8 Å². The number of alkyl halides is 3. The molecule has 1 aliphatic heterocycles. The van der Waals surface area contributed by atoms with E-state index < -0.39 is 56.7 Å². The van der Waals surface area contributed by atoms with Crippen molar-refractivity contribution in [2.45, 2.75) is 96.4 Å². The lowest BCUT2D eigenvalue weighted by atomic mass is 9.80. The molecule has 60 heavy (non-hydrogen) atoms. The summed E-state index contributed by atoms with van der Waals surface area (Å²) in [6.07, 6.45) is -7.43. The summed E-state index contributed by atoms with van der Waals surface area (Å²) in [4.78, 5) is 15.9. The van der Waals surface area contributed by atoms with Crippen molar-refractivity contribution in [3.63, 3.8) is 0 Å². The van der Waals surface area contributed by atoms with E-state index in [2.05, 4.69) is 14.8 Å². The molecule has 1 heterocycles. The first-order valence-corrected chi connectivity index (χ1v) is 21.3. The van der Waals surface area contributed by atoms with Crippen LogP contribution in [-0.2, 0) is 38.4 Å². The molecule has 1 aliphatic rings. The molecule has 1 fully saturated rings. The van der Waals surface area contributed by atoms with Gasteiger partial charge in [0.1, 0.15) is 29.7 Å². The van der Waals surface area contributed by atoms with Gasteiger partial charge in [-0.05, 0) is 75.1 Å². The largest absolute Gasteiger partial charge is 0.497 e. The van der Waals surface area contributed by atoms with Crippen LogP contribution in [0.15, 0.2) is 78.9 Å². The van der Waals surface area contributed by atoms with Crippen LogP contribution in [0.1, 0.15) is 64.7 Å². The average Bonchev–Trinajstić information content (AvgIpc) is 3.23. The Morgan fingerprint density at radius 2 is 1.35 bits per heavy atom. The predicted molar refractivity (Wildman–Crippen MR) is 222 cm³/mol. The summed E-state index contributed by atoms with van der Waals surface area (Å²) in [6, 6.07) is 23.4. The molecular weight excluding hydrogens is 802 g/mol. The minimum Gasteiger partial charge on any atom is -0.497 e. The fourth-order valence-electron chi connectivity index (χ4n) is 7.37. The van der Waals surface area contributed by atoms with Gasteiger partial charge in [-0.15, -0.1) is 0 Å². The molecule has 1 N–H and O–H groups in total. The first-order chi connectivity index (χ1) is 28.7. The topological polar surface area (TPSA) is 111 Å². The molecule has 0 bridgehead atoms. The first-order valence-electron chi connectivity index (χ1n) is 20.1. The highest BCUT2D eigenvalue weighted by Crippen LogP contribution is 2.46. The zero-order chi connectivity index (χ0) is 43.9. The molecule has 6 atom stereocenters. The van der Waals surface area contributed by atoms with Gasteiger partial charge in [0.05, 0.1) is 52.9 Å². The normalized spacial score (nSPS) is 20.2. The number of halogens is 3. The summed E-state index contributed by atoms with van der Waals surface area (Å²) >= 11 is 0. The fourth-order valence-corrected chi connectivity index (χ4v) is 8.93.